The van der Waals surface area contributed by atoms with Gasteiger partial charge in [-0.2, -0.15) is 0 Å². The van der Waals surface area contributed by atoms with Crippen LogP contribution in [0, 0.1) is 0 Å². The van der Waals surface area contributed by atoms with Gasteiger partial charge in [0.05, 0.1) is 12.8 Å². The Labute approximate surface area is 165 Å². The van der Waals surface area contributed by atoms with Crippen LogP contribution in [0.2, 0.25) is 0 Å². The monoisotopic (exact) mass is 474 g/mol. The van der Waals surface area contributed by atoms with Crippen molar-refractivity contribution in [3.8, 4) is 0 Å². The molecule has 24 heavy (non-hydrogen) atoms. The van der Waals surface area contributed by atoms with Crippen molar-refractivity contribution < 1.29 is 8.42 Å². The van der Waals surface area contributed by atoms with E-state index in [0.717, 1.165) is 44.7 Å². The molecule has 0 aromatic rings. The van der Waals surface area contributed by atoms with Gasteiger partial charge in [-0.15, -0.1) is 30.6 Å². The van der Waals surface area contributed by atoms with Crippen LogP contribution >= 0.6 is 24.0 Å². The minimum atomic E-state index is -3.25. The number of unbranched alkanes of at least 4 members (excludes halogenated alkanes) is 3. The number of allylic oxidation sites excluding steroid dienone is 1. The molecule has 0 aliphatic heterocycles. The molecular weight excluding hydrogens is 439 g/mol. The average Bonchev–Trinajstić information content (AvgIpc) is 2.40. The van der Waals surface area contributed by atoms with Crippen LogP contribution in [-0.2, 0) is 10.0 Å². The Morgan fingerprint density at radius 1 is 1.29 bits per heavy atom. The highest BCUT2D eigenvalue weighted by atomic mass is 127. The fourth-order valence-corrected chi connectivity index (χ4v) is 3.27. The first kappa shape index (κ1) is 25.9. The number of halogens is 1. The molecule has 0 heterocycles. The normalized spacial score (nSPS) is 12.5. The summed E-state index contributed by atoms with van der Waals surface area (Å²) in [6.45, 7) is 11.5. The van der Waals surface area contributed by atoms with Crippen molar-refractivity contribution >= 4 is 40.0 Å². The van der Waals surface area contributed by atoms with Gasteiger partial charge in [-0.3, -0.25) is 4.99 Å². The SMILES string of the molecule is C=CCCCCCN(C)C(=NCC(C)(C)NS(C)(=O)=O)NCC.I. The quantitative estimate of drug-likeness (QED) is 0.159. The van der Waals surface area contributed by atoms with Gasteiger partial charge in [0.15, 0.2) is 5.96 Å². The summed E-state index contributed by atoms with van der Waals surface area (Å²) in [5, 5.41) is 3.25. The summed E-state index contributed by atoms with van der Waals surface area (Å²) in [5.74, 6) is 0.805. The molecule has 0 unspecified atom stereocenters. The molecule has 0 aliphatic rings. The number of hydrogen-bond donors (Lipinski definition) is 2. The predicted octanol–water partition coefficient (Wildman–Crippen LogP) is 2.58. The van der Waals surface area contributed by atoms with E-state index in [1.165, 1.54) is 6.26 Å². The van der Waals surface area contributed by atoms with Gasteiger partial charge < -0.3 is 10.2 Å². The van der Waals surface area contributed by atoms with Crippen molar-refractivity contribution in [1.82, 2.24) is 14.9 Å². The van der Waals surface area contributed by atoms with Crippen LogP contribution in [0.3, 0.4) is 0 Å². The number of aliphatic imine (C=N–C) groups is 1. The first-order chi connectivity index (χ1) is 10.6. The smallest absolute Gasteiger partial charge is 0.209 e. The summed E-state index contributed by atoms with van der Waals surface area (Å²) in [6, 6.07) is 0. The van der Waals surface area contributed by atoms with Gasteiger partial charge in [-0.1, -0.05) is 12.5 Å². The highest BCUT2D eigenvalue weighted by Crippen LogP contribution is 2.06. The van der Waals surface area contributed by atoms with Crippen molar-refractivity contribution in [1.29, 1.82) is 0 Å². The lowest BCUT2D eigenvalue weighted by molar-refractivity contribution is 0.438. The Kier molecular flexibility index (Phi) is 14.0. The Morgan fingerprint density at radius 2 is 1.92 bits per heavy atom. The lowest BCUT2D eigenvalue weighted by Crippen LogP contribution is -2.47. The fourth-order valence-electron chi connectivity index (χ4n) is 2.20. The van der Waals surface area contributed by atoms with E-state index in [1.807, 2.05) is 33.9 Å². The molecule has 6 nitrogen and oxygen atoms in total. The van der Waals surface area contributed by atoms with Crippen LogP contribution in [0.4, 0.5) is 0 Å². The van der Waals surface area contributed by atoms with Gasteiger partial charge in [0.1, 0.15) is 0 Å². The number of nitrogens with zero attached hydrogens (tertiary/aromatic N) is 2. The van der Waals surface area contributed by atoms with Gasteiger partial charge in [0.2, 0.25) is 10.0 Å². The zero-order valence-corrected chi connectivity index (χ0v) is 18.9. The molecule has 0 aliphatic carbocycles. The molecular formula is C16H35IN4O2S. The van der Waals surface area contributed by atoms with Gasteiger partial charge in [-0.25, -0.2) is 13.1 Å². The largest absolute Gasteiger partial charge is 0.357 e. The molecule has 8 heteroatoms. The molecule has 0 bridgehead atoms. The predicted molar refractivity (Wildman–Crippen MR) is 115 cm³/mol. The number of sulfonamides is 1. The summed E-state index contributed by atoms with van der Waals surface area (Å²) < 4.78 is 25.4. The molecule has 0 fully saturated rings. The molecule has 2 N–H and O–H groups in total. The second-order valence-electron chi connectivity index (χ2n) is 6.49. The van der Waals surface area contributed by atoms with Crippen LogP contribution in [0.5, 0.6) is 0 Å². The van der Waals surface area contributed by atoms with Crippen LogP contribution in [-0.4, -0.2) is 57.8 Å². The van der Waals surface area contributed by atoms with E-state index in [-0.39, 0.29) is 24.0 Å². The third-order valence-corrected chi connectivity index (χ3v) is 4.11. The maximum absolute atomic E-state index is 11.4. The van der Waals surface area contributed by atoms with E-state index in [4.69, 9.17) is 0 Å². The van der Waals surface area contributed by atoms with Crippen molar-refractivity contribution in [2.24, 2.45) is 4.99 Å². The molecule has 0 atom stereocenters. The van der Waals surface area contributed by atoms with Crippen molar-refractivity contribution in [2.75, 3.05) is 32.9 Å². The summed E-state index contributed by atoms with van der Waals surface area (Å²) in [5.41, 5.74) is -0.612. The zero-order valence-electron chi connectivity index (χ0n) is 15.8. The second kappa shape index (κ2) is 12.9. The van der Waals surface area contributed by atoms with Crippen molar-refractivity contribution in [3.05, 3.63) is 12.7 Å². The first-order valence-electron chi connectivity index (χ1n) is 8.20. The van der Waals surface area contributed by atoms with E-state index in [1.54, 1.807) is 0 Å². The molecule has 0 aromatic carbocycles. The average molecular weight is 474 g/mol. The Bertz CT molecular complexity index is 478. The first-order valence-corrected chi connectivity index (χ1v) is 10.1. The van der Waals surface area contributed by atoms with E-state index in [9.17, 15) is 8.42 Å². The van der Waals surface area contributed by atoms with Crippen LogP contribution < -0.4 is 10.0 Å². The fraction of sp³-hybridized carbons (Fsp3) is 0.812. The molecule has 0 saturated carbocycles. The minimum absolute atomic E-state index is 0. The van der Waals surface area contributed by atoms with Gasteiger partial charge >= 0.3 is 0 Å². The Balaban J connectivity index is 0. The van der Waals surface area contributed by atoms with E-state index < -0.39 is 15.6 Å². The van der Waals surface area contributed by atoms with Gasteiger partial charge in [0, 0.05) is 25.7 Å². The number of hydrogen-bond acceptors (Lipinski definition) is 3. The van der Waals surface area contributed by atoms with Crippen LogP contribution in [0.25, 0.3) is 0 Å². The van der Waals surface area contributed by atoms with Crippen LogP contribution in [0.1, 0.15) is 46.5 Å². The van der Waals surface area contributed by atoms with E-state index >= 15 is 0 Å². The molecule has 0 amide bonds. The van der Waals surface area contributed by atoms with E-state index in [0.29, 0.717) is 6.54 Å². The lowest BCUT2D eigenvalue weighted by atomic mass is 10.1. The Morgan fingerprint density at radius 3 is 2.42 bits per heavy atom. The molecule has 0 spiro atoms. The standard InChI is InChI=1S/C16H34N4O2S.HI/c1-7-9-10-11-12-13-20(5)15(17-8-2)18-14-16(3,4)19-23(6,21)22;/h7,19H,1,8-14H2,2-6H3,(H,17,18);1H. The van der Waals surface area contributed by atoms with Crippen molar-refractivity contribution in [2.45, 2.75) is 52.0 Å². The molecule has 0 saturated heterocycles. The maximum atomic E-state index is 11.4. The number of nitrogens with one attached hydrogen (secondary N) is 2. The van der Waals surface area contributed by atoms with Gasteiger partial charge in [0.25, 0.3) is 0 Å². The summed E-state index contributed by atoms with van der Waals surface area (Å²) in [4.78, 5) is 6.66. The summed E-state index contributed by atoms with van der Waals surface area (Å²) >= 11 is 0. The molecule has 0 rings (SSSR count). The minimum Gasteiger partial charge on any atom is -0.357 e. The highest BCUT2D eigenvalue weighted by molar-refractivity contribution is 14.0. The summed E-state index contributed by atoms with van der Waals surface area (Å²) in [6.07, 6.45) is 7.60. The zero-order chi connectivity index (χ0) is 17.9. The molecule has 144 valence electrons. The van der Waals surface area contributed by atoms with Crippen molar-refractivity contribution in [3.63, 3.8) is 0 Å². The summed E-state index contributed by atoms with van der Waals surface area (Å²) in [7, 11) is -1.24. The van der Waals surface area contributed by atoms with Crippen LogP contribution in [0.15, 0.2) is 17.6 Å². The topological polar surface area (TPSA) is 73.8 Å². The number of rotatable bonds is 11. The third kappa shape index (κ3) is 14.0. The Hall–Kier alpha value is -0.350. The second-order valence-corrected chi connectivity index (χ2v) is 8.24. The third-order valence-electron chi connectivity index (χ3n) is 3.18. The highest BCUT2D eigenvalue weighted by Gasteiger charge is 2.22. The van der Waals surface area contributed by atoms with Gasteiger partial charge in [-0.05, 0) is 40.0 Å². The molecule has 0 aromatic heterocycles. The van der Waals surface area contributed by atoms with E-state index in [2.05, 4.69) is 26.5 Å². The number of guanidine groups is 1. The maximum Gasteiger partial charge on any atom is 0.209 e. The lowest BCUT2D eigenvalue weighted by Gasteiger charge is -2.26. The molecule has 0 radical (unpaired) electrons.